The second-order valence-corrected chi connectivity index (χ2v) is 5.22. The normalized spacial score (nSPS) is 10.6. The number of ether oxygens (including phenoxy) is 3. The van der Waals surface area contributed by atoms with Gasteiger partial charge >= 0.3 is 0 Å². The van der Waals surface area contributed by atoms with Gasteiger partial charge in [0.2, 0.25) is 0 Å². The molecule has 0 bridgehead atoms. The molecule has 0 atom stereocenters. The molecule has 0 amide bonds. The second kappa shape index (κ2) is 13.0. The molecule has 1 aromatic carbocycles. The van der Waals surface area contributed by atoms with Gasteiger partial charge in [0.05, 0.1) is 26.5 Å². The Morgan fingerprint density at radius 3 is 2.67 bits per heavy atom. The van der Waals surface area contributed by atoms with E-state index in [4.69, 9.17) is 14.2 Å². The third-order valence-electron chi connectivity index (χ3n) is 3.33. The molecule has 27 heavy (non-hydrogen) atoms. The Kier molecular flexibility index (Phi) is 11.0. The largest absolute Gasteiger partial charge is 0.493 e. The summed E-state index contributed by atoms with van der Waals surface area (Å²) in [5.41, 5.74) is 0.859. The lowest BCUT2D eigenvalue weighted by Gasteiger charge is -2.14. The van der Waals surface area contributed by atoms with Crippen molar-refractivity contribution in [3.63, 3.8) is 0 Å². The van der Waals surface area contributed by atoms with E-state index in [1.165, 1.54) is 0 Å². The number of nitrogens with zero attached hydrogens (tertiary/aromatic N) is 2. The Morgan fingerprint density at radius 2 is 2.00 bits per heavy atom. The average molecular weight is 486 g/mol. The molecule has 0 fully saturated rings. The first-order chi connectivity index (χ1) is 12.8. The monoisotopic (exact) mass is 486 g/mol. The quantitative estimate of drug-likeness (QED) is 0.244. The molecule has 2 N–H and O–H groups in total. The third kappa shape index (κ3) is 7.90. The molecule has 8 heteroatoms. The number of guanidine groups is 1. The smallest absolute Gasteiger partial charge is 0.195 e. The minimum absolute atomic E-state index is 0. The van der Waals surface area contributed by atoms with Crippen molar-refractivity contribution in [2.24, 2.45) is 4.99 Å². The molecular weight excluding hydrogens is 459 g/mol. The van der Waals surface area contributed by atoms with E-state index in [1.807, 2.05) is 44.2 Å². The zero-order chi connectivity index (χ0) is 18.6. The van der Waals surface area contributed by atoms with Crippen LogP contribution < -0.4 is 24.8 Å². The lowest BCUT2D eigenvalue weighted by molar-refractivity contribution is 0.311. The highest BCUT2D eigenvalue weighted by Gasteiger charge is 2.06. The van der Waals surface area contributed by atoms with E-state index < -0.39 is 0 Å². The lowest BCUT2D eigenvalue weighted by Crippen LogP contribution is -2.31. The van der Waals surface area contributed by atoms with Crippen molar-refractivity contribution in [3.05, 3.63) is 42.7 Å². The Bertz CT molecular complexity index is 699. The van der Waals surface area contributed by atoms with Crippen molar-refractivity contribution < 1.29 is 14.2 Å². The van der Waals surface area contributed by atoms with Crippen molar-refractivity contribution in [1.82, 2.24) is 10.3 Å². The summed E-state index contributed by atoms with van der Waals surface area (Å²) < 4.78 is 16.5. The fourth-order valence-corrected chi connectivity index (χ4v) is 2.22. The number of aliphatic imine (C=N–C) groups is 1. The van der Waals surface area contributed by atoms with Crippen molar-refractivity contribution in [2.45, 2.75) is 13.8 Å². The van der Waals surface area contributed by atoms with Gasteiger partial charge in [0.15, 0.2) is 17.5 Å². The van der Waals surface area contributed by atoms with Crippen LogP contribution in [0.2, 0.25) is 0 Å². The SMILES string of the molecule is CCNC(=NCCOc1cccnc1)Nc1ccc(OCC)c(OC)c1.I. The molecule has 1 heterocycles. The number of benzene rings is 1. The number of hydrogen-bond acceptors (Lipinski definition) is 5. The highest BCUT2D eigenvalue weighted by Crippen LogP contribution is 2.30. The molecule has 0 unspecified atom stereocenters. The molecule has 0 saturated carbocycles. The zero-order valence-electron chi connectivity index (χ0n) is 15.9. The predicted molar refractivity (Wildman–Crippen MR) is 119 cm³/mol. The molecule has 0 aliphatic carbocycles. The molecule has 1 aromatic heterocycles. The van der Waals surface area contributed by atoms with Crippen molar-refractivity contribution in [2.75, 3.05) is 38.7 Å². The first kappa shape index (κ1) is 22.8. The van der Waals surface area contributed by atoms with Gasteiger partial charge in [-0.15, -0.1) is 24.0 Å². The van der Waals surface area contributed by atoms with Crippen LogP contribution in [0.15, 0.2) is 47.7 Å². The maximum absolute atomic E-state index is 5.60. The van der Waals surface area contributed by atoms with E-state index in [0.29, 0.717) is 37.2 Å². The summed E-state index contributed by atoms with van der Waals surface area (Å²) in [6.45, 7) is 6.28. The first-order valence-corrected chi connectivity index (χ1v) is 8.65. The van der Waals surface area contributed by atoms with E-state index in [1.54, 1.807) is 19.5 Å². The molecule has 148 valence electrons. The van der Waals surface area contributed by atoms with Crippen LogP contribution in [0.5, 0.6) is 17.2 Å². The average Bonchev–Trinajstić information content (AvgIpc) is 2.67. The number of anilines is 1. The van der Waals surface area contributed by atoms with Crippen molar-refractivity contribution in [3.8, 4) is 17.2 Å². The predicted octanol–water partition coefficient (Wildman–Crippen LogP) is 3.56. The molecule has 2 rings (SSSR count). The summed E-state index contributed by atoms with van der Waals surface area (Å²) in [4.78, 5) is 8.53. The number of aromatic nitrogens is 1. The van der Waals surface area contributed by atoms with Crippen LogP contribution in [0, 0.1) is 0 Å². The van der Waals surface area contributed by atoms with Gasteiger partial charge in [0, 0.05) is 24.5 Å². The number of nitrogens with one attached hydrogen (secondary N) is 2. The van der Waals surface area contributed by atoms with Crippen LogP contribution in [-0.4, -0.2) is 44.4 Å². The van der Waals surface area contributed by atoms with Crippen LogP contribution in [0.3, 0.4) is 0 Å². The van der Waals surface area contributed by atoms with E-state index in [9.17, 15) is 0 Å². The van der Waals surface area contributed by atoms with Gasteiger partial charge in [0.1, 0.15) is 12.4 Å². The second-order valence-electron chi connectivity index (χ2n) is 5.22. The van der Waals surface area contributed by atoms with Crippen LogP contribution >= 0.6 is 24.0 Å². The highest BCUT2D eigenvalue weighted by atomic mass is 127. The Morgan fingerprint density at radius 1 is 1.15 bits per heavy atom. The molecule has 2 aromatic rings. The van der Waals surface area contributed by atoms with Gasteiger partial charge in [-0.25, -0.2) is 4.99 Å². The maximum atomic E-state index is 5.60. The van der Waals surface area contributed by atoms with E-state index in [-0.39, 0.29) is 24.0 Å². The number of hydrogen-bond donors (Lipinski definition) is 2. The topological polar surface area (TPSA) is 77.0 Å². The van der Waals surface area contributed by atoms with E-state index in [2.05, 4.69) is 20.6 Å². The lowest BCUT2D eigenvalue weighted by atomic mass is 10.2. The fraction of sp³-hybridized carbons (Fsp3) is 0.368. The molecule has 7 nitrogen and oxygen atoms in total. The van der Waals surface area contributed by atoms with Crippen molar-refractivity contribution >= 4 is 35.6 Å². The van der Waals surface area contributed by atoms with E-state index >= 15 is 0 Å². The van der Waals surface area contributed by atoms with E-state index in [0.717, 1.165) is 18.0 Å². The Balaban J connectivity index is 0.00000364. The number of halogens is 1. The number of methoxy groups -OCH3 is 1. The number of pyridine rings is 1. The summed E-state index contributed by atoms with van der Waals surface area (Å²) in [7, 11) is 1.62. The van der Waals surface area contributed by atoms with Crippen LogP contribution in [-0.2, 0) is 0 Å². The standard InChI is InChI=1S/C19H26N4O3.HI/c1-4-21-19(22-11-12-26-16-7-6-10-20-14-16)23-15-8-9-17(25-5-2)18(13-15)24-3;/h6-10,13-14H,4-5,11-12H2,1-3H3,(H2,21,22,23);1H. The summed E-state index contributed by atoms with van der Waals surface area (Å²) in [6, 6.07) is 9.38. The van der Waals surface area contributed by atoms with Gasteiger partial charge in [-0.1, -0.05) is 0 Å². The minimum Gasteiger partial charge on any atom is -0.493 e. The van der Waals surface area contributed by atoms with Crippen molar-refractivity contribution in [1.29, 1.82) is 0 Å². The van der Waals surface area contributed by atoms with Crippen LogP contribution in [0.25, 0.3) is 0 Å². The summed E-state index contributed by atoms with van der Waals surface area (Å²) in [6.07, 6.45) is 3.39. The molecular formula is C19H27IN4O3. The zero-order valence-corrected chi connectivity index (χ0v) is 18.2. The summed E-state index contributed by atoms with van der Waals surface area (Å²) >= 11 is 0. The van der Waals surface area contributed by atoms with Gasteiger partial charge < -0.3 is 24.8 Å². The molecule has 0 aliphatic heterocycles. The molecule has 0 saturated heterocycles. The molecule has 0 radical (unpaired) electrons. The fourth-order valence-electron chi connectivity index (χ4n) is 2.22. The minimum atomic E-state index is 0. The number of rotatable bonds is 9. The van der Waals surface area contributed by atoms with Gasteiger partial charge in [-0.2, -0.15) is 0 Å². The molecule has 0 spiro atoms. The van der Waals surface area contributed by atoms with Crippen LogP contribution in [0.1, 0.15) is 13.8 Å². The van der Waals surface area contributed by atoms with Gasteiger partial charge in [-0.05, 0) is 38.1 Å². The maximum Gasteiger partial charge on any atom is 0.195 e. The Labute approximate surface area is 177 Å². The third-order valence-corrected chi connectivity index (χ3v) is 3.33. The molecule has 0 aliphatic rings. The Hall–Kier alpha value is -2.23. The van der Waals surface area contributed by atoms with Gasteiger partial charge in [-0.3, -0.25) is 4.98 Å². The van der Waals surface area contributed by atoms with Gasteiger partial charge in [0.25, 0.3) is 0 Å². The highest BCUT2D eigenvalue weighted by molar-refractivity contribution is 14.0. The first-order valence-electron chi connectivity index (χ1n) is 8.65. The summed E-state index contributed by atoms with van der Waals surface area (Å²) in [5.74, 6) is 2.80. The summed E-state index contributed by atoms with van der Waals surface area (Å²) in [5, 5.41) is 6.46. The van der Waals surface area contributed by atoms with Crippen LogP contribution in [0.4, 0.5) is 5.69 Å².